The van der Waals surface area contributed by atoms with E-state index < -0.39 is 0 Å². The van der Waals surface area contributed by atoms with E-state index in [0.29, 0.717) is 18.4 Å². The van der Waals surface area contributed by atoms with Crippen LogP contribution in [0.3, 0.4) is 0 Å². The van der Waals surface area contributed by atoms with Gasteiger partial charge in [0.25, 0.3) is 0 Å². The van der Waals surface area contributed by atoms with Crippen LogP contribution in [-0.4, -0.2) is 25.7 Å². The Morgan fingerprint density at radius 1 is 1.29 bits per heavy atom. The molecule has 0 saturated heterocycles. The lowest BCUT2D eigenvalue weighted by atomic mass is 9.82. The van der Waals surface area contributed by atoms with Crippen molar-refractivity contribution in [2.75, 3.05) is 13.6 Å². The highest BCUT2D eigenvalue weighted by molar-refractivity contribution is 5.71. The Bertz CT molecular complexity index is 184. The number of nitrogens with one attached hydrogen (secondary N) is 1. The summed E-state index contributed by atoms with van der Waals surface area (Å²) in [7, 11) is 1.76. The first-order valence-corrected chi connectivity index (χ1v) is 5.46. The molecule has 0 spiro atoms. The Hall–Kier alpha value is -0.570. The maximum atomic E-state index is 11.2. The third-order valence-corrected chi connectivity index (χ3v) is 2.75. The van der Waals surface area contributed by atoms with Crippen LogP contribution in [0.15, 0.2) is 0 Å². The average Bonchev–Trinajstić information content (AvgIpc) is 2.01. The third-order valence-electron chi connectivity index (χ3n) is 2.75. The van der Waals surface area contributed by atoms with Crippen molar-refractivity contribution < 1.29 is 9.53 Å². The van der Waals surface area contributed by atoms with Gasteiger partial charge in [-0.25, -0.2) is 0 Å². The number of carbonyl (C=O) groups is 1. The van der Waals surface area contributed by atoms with Gasteiger partial charge in [-0.2, -0.15) is 0 Å². The zero-order valence-corrected chi connectivity index (χ0v) is 9.38. The number of hydrogen-bond acceptors (Lipinski definition) is 3. The van der Waals surface area contributed by atoms with Crippen LogP contribution < -0.4 is 5.32 Å². The monoisotopic (exact) mass is 199 g/mol. The Balaban J connectivity index is 2.33. The molecule has 0 aromatic heterocycles. The van der Waals surface area contributed by atoms with Gasteiger partial charge in [0, 0.05) is 0 Å². The van der Waals surface area contributed by atoms with E-state index >= 15 is 0 Å². The fourth-order valence-electron chi connectivity index (χ4n) is 2.34. The molecule has 0 radical (unpaired) electrons. The van der Waals surface area contributed by atoms with Crippen LogP contribution >= 0.6 is 0 Å². The Kier molecular flexibility index (Phi) is 4.39. The molecule has 1 rings (SSSR count). The number of likely N-dealkylation sites (N-methyl/N-ethyl adjacent to an activating group) is 1. The van der Waals surface area contributed by atoms with Crippen LogP contribution in [0.1, 0.15) is 33.1 Å². The fraction of sp³-hybridized carbons (Fsp3) is 0.909. The molecule has 0 heterocycles. The molecule has 82 valence electrons. The van der Waals surface area contributed by atoms with E-state index in [4.69, 9.17) is 4.74 Å². The summed E-state index contributed by atoms with van der Waals surface area (Å²) in [4.78, 5) is 11.2. The summed E-state index contributed by atoms with van der Waals surface area (Å²) in [6.45, 7) is 4.78. The van der Waals surface area contributed by atoms with Crippen molar-refractivity contribution in [1.29, 1.82) is 0 Å². The van der Waals surface area contributed by atoms with Crippen molar-refractivity contribution >= 4 is 5.97 Å². The number of rotatable bonds is 3. The summed E-state index contributed by atoms with van der Waals surface area (Å²) in [5.41, 5.74) is 0. The lowest BCUT2D eigenvalue weighted by Gasteiger charge is -2.30. The van der Waals surface area contributed by atoms with E-state index in [1.165, 1.54) is 6.42 Å². The van der Waals surface area contributed by atoms with Gasteiger partial charge in [0.05, 0.1) is 6.54 Å². The largest absolute Gasteiger partial charge is 0.461 e. The van der Waals surface area contributed by atoms with Crippen LogP contribution in [0, 0.1) is 11.8 Å². The molecule has 14 heavy (non-hydrogen) atoms. The topological polar surface area (TPSA) is 38.3 Å². The molecule has 3 nitrogen and oxygen atoms in total. The first-order chi connectivity index (χ1) is 6.61. The van der Waals surface area contributed by atoms with Crippen LogP contribution in [-0.2, 0) is 9.53 Å². The molecule has 3 heteroatoms. The normalized spacial score (nSPS) is 32.6. The van der Waals surface area contributed by atoms with Gasteiger partial charge in [0.1, 0.15) is 6.10 Å². The first-order valence-electron chi connectivity index (χ1n) is 5.46. The van der Waals surface area contributed by atoms with Crippen molar-refractivity contribution in [2.24, 2.45) is 11.8 Å². The Morgan fingerprint density at radius 3 is 2.36 bits per heavy atom. The summed E-state index contributed by atoms with van der Waals surface area (Å²) in [6.07, 6.45) is 3.47. The second-order valence-electron chi connectivity index (χ2n) is 4.56. The standard InChI is InChI=1S/C11H21NO2/c1-8-4-9(2)6-10(5-8)14-11(13)7-12-3/h8-10,12H,4-7H2,1-3H3. The highest BCUT2D eigenvalue weighted by Gasteiger charge is 2.26. The fourth-order valence-corrected chi connectivity index (χ4v) is 2.34. The Labute approximate surface area is 86.2 Å². The van der Waals surface area contributed by atoms with Gasteiger partial charge in [-0.3, -0.25) is 4.79 Å². The SMILES string of the molecule is CNCC(=O)OC1CC(C)CC(C)C1. The molecule has 2 unspecified atom stereocenters. The maximum Gasteiger partial charge on any atom is 0.320 e. The van der Waals surface area contributed by atoms with Crippen molar-refractivity contribution in [3.05, 3.63) is 0 Å². The second-order valence-corrected chi connectivity index (χ2v) is 4.56. The number of carbonyl (C=O) groups excluding carboxylic acids is 1. The van der Waals surface area contributed by atoms with E-state index in [-0.39, 0.29) is 12.1 Å². The van der Waals surface area contributed by atoms with Crippen LogP contribution in [0.2, 0.25) is 0 Å². The van der Waals surface area contributed by atoms with Gasteiger partial charge in [-0.05, 0) is 38.1 Å². The van der Waals surface area contributed by atoms with E-state index in [9.17, 15) is 4.79 Å². The van der Waals surface area contributed by atoms with Gasteiger partial charge >= 0.3 is 5.97 Å². The van der Waals surface area contributed by atoms with E-state index in [1.807, 2.05) is 0 Å². The maximum absolute atomic E-state index is 11.2. The molecule has 1 fully saturated rings. The molecule has 0 aromatic carbocycles. The molecule has 0 aromatic rings. The second kappa shape index (κ2) is 5.35. The molecule has 0 amide bonds. The zero-order chi connectivity index (χ0) is 10.6. The van der Waals surface area contributed by atoms with E-state index in [1.54, 1.807) is 7.05 Å². The molecule has 0 bridgehead atoms. The molecule has 1 aliphatic carbocycles. The summed E-state index contributed by atoms with van der Waals surface area (Å²) in [5.74, 6) is 1.25. The number of ether oxygens (including phenoxy) is 1. The predicted octanol–water partition coefficient (Wildman–Crippen LogP) is 1.57. The number of hydrogen-bond donors (Lipinski definition) is 1. The summed E-state index contributed by atoms with van der Waals surface area (Å²) in [6, 6.07) is 0. The van der Waals surface area contributed by atoms with E-state index in [0.717, 1.165) is 12.8 Å². The van der Waals surface area contributed by atoms with Crippen LogP contribution in [0.5, 0.6) is 0 Å². The quantitative estimate of drug-likeness (QED) is 0.701. The van der Waals surface area contributed by atoms with Crippen LogP contribution in [0.25, 0.3) is 0 Å². The van der Waals surface area contributed by atoms with E-state index in [2.05, 4.69) is 19.2 Å². The minimum Gasteiger partial charge on any atom is -0.461 e. The van der Waals surface area contributed by atoms with Gasteiger partial charge in [-0.15, -0.1) is 0 Å². The lowest BCUT2D eigenvalue weighted by Crippen LogP contribution is -2.31. The molecule has 2 atom stereocenters. The van der Waals surface area contributed by atoms with Gasteiger partial charge < -0.3 is 10.1 Å². The van der Waals surface area contributed by atoms with Crippen LogP contribution in [0.4, 0.5) is 0 Å². The highest BCUT2D eigenvalue weighted by atomic mass is 16.5. The highest BCUT2D eigenvalue weighted by Crippen LogP contribution is 2.30. The smallest absolute Gasteiger partial charge is 0.320 e. The molecule has 1 N–H and O–H groups in total. The average molecular weight is 199 g/mol. The molecular formula is C11H21NO2. The molecule has 0 aliphatic heterocycles. The lowest BCUT2D eigenvalue weighted by molar-refractivity contribution is -0.150. The van der Waals surface area contributed by atoms with Gasteiger partial charge in [0.2, 0.25) is 0 Å². The third kappa shape index (κ3) is 3.66. The van der Waals surface area contributed by atoms with Gasteiger partial charge in [-0.1, -0.05) is 13.8 Å². The van der Waals surface area contributed by atoms with Crippen molar-refractivity contribution in [2.45, 2.75) is 39.2 Å². The minimum atomic E-state index is -0.126. The summed E-state index contributed by atoms with van der Waals surface area (Å²) in [5, 5.41) is 2.80. The van der Waals surface area contributed by atoms with Crippen molar-refractivity contribution in [1.82, 2.24) is 5.32 Å². The van der Waals surface area contributed by atoms with Crippen molar-refractivity contribution in [3.8, 4) is 0 Å². The number of esters is 1. The minimum absolute atomic E-state index is 0.126. The predicted molar refractivity (Wildman–Crippen MR) is 56.0 cm³/mol. The Morgan fingerprint density at radius 2 is 1.86 bits per heavy atom. The zero-order valence-electron chi connectivity index (χ0n) is 9.38. The van der Waals surface area contributed by atoms with Crippen molar-refractivity contribution in [3.63, 3.8) is 0 Å². The summed E-state index contributed by atoms with van der Waals surface area (Å²) >= 11 is 0. The van der Waals surface area contributed by atoms with Gasteiger partial charge in [0.15, 0.2) is 0 Å². The molecule has 1 aliphatic rings. The first kappa shape index (κ1) is 11.5. The summed E-state index contributed by atoms with van der Waals surface area (Å²) < 4.78 is 5.37. The molecule has 1 saturated carbocycles. The molecular weight excluding hydrogens is 178 g/mol.